The highest BCUT2D eigenvalue weighted by Gasteiger charge is 2.30. The van der Waals surface area contributed by atoms with Gasteiger partial charge in [0.25, 0.3) is 10.0 Å². The molecule has 0 aliphatic heterocycles. The standard InChI is InChI=1S/C33H21ClFN3O4S2/c1-19-7-10-24(18-37-19)44(40,41)38-29-12-9-23(35)17-27(29)30(26-13-14-43-32(26)36-2)31(38)21-6-4-5-20(15-21)25-11-8-22(16-28(25)34)33(39)42-3/h4-18H,1,3H3. The van der Waals surface area contributed by atoms with Crippen LogP contribution in [0.25, 0.3) is 49.3 Å². The highest BCUT2D eigenvalue weighted by atomic mass is 35.5. The van der Waals surface area contributed by atoms with Gasteiger partial charge in [0.15, 0.2) is 0 Å². The number of carbonyl (C=O) groups excluding carboxylic acids is 1. The number of aryl methyl sites for hydroxylation is 1. The highest BCUT2D eigenvalue weighted by molar-refractivity contribution is 7.90. The van der Waals surface area contributed by atoms with Crippen molar-refractivity contribution in [3.8, 4) is 33.5 Å². The number of pyridine rings is 1. The first-order valence-corrected chi connectivity index (χ1v) is 15.8. The molecule has 6 rings (SSSR count). The first-order chi connectivity index (χ1) is 21.1. The SMILES string of the molecule is [C-]#[N+]c1sccc1-c1c(-c2cccc(-c3ccc(C(=O)OC)cc3Cl)c2)n(S(=O)(=O)c2ccc(C)nc2)c2ccc(F)cc12. The number of ether oxygens (including phenoxy) is 1. The van der Waals surface area contributed by atoms with Gasteiger partial charge in [-0.3, -0.25) is 4.98 Å². The minimum absolute atomic E-state index is 0.0505. The monoisotopic (exact) mass is 641 g/mol. The summed E-state index contributed by atoms with van der Waals surface area (Å²) in [6.07, 6.45) is 1.29. The van der Waals surface area contributed by atoms with Crippen LogP contribution in [0.15, 0.2) is 95.3 Å². The van der Waals surface area contributed by atoms with Crippen molar-refractivity contribution in [1.82, 2.24) is 8.96 Å². The molecule has 7 nitrogen and oxygen atoms in total. The number of aromatic nitrogens is 2. The van der Waals surface area contributed by atoms with Gasteiger partial charge in [-0.2, -0.15) is 11.3 Å². The number of fused-ring (bicyclic) bond motifs is 1. The number of nitrogens with zero attached hydrogens (tertiary/aromatic N) is 3. The number of hydrogen-bond donors (Lipinski definition) is 0. The molecule has 0 unspecified atom stereocenters. The minimum atomic E-state index is -4.29. The van der Waals surface area contributed by atoms with Crippen molar-refractivity contribution in [2.45, 2.75) is 11.8 Å². The Kier molecular flexibility index (Phi) is 7.55. The number of carbonyl (C=O) groups is 1. The van der Waals surface area contributed by atoms with Gasteiger partial charge in [0.1, 0.15) is 10.7 Å². The largest absolute Gasteiger partial charge is 0.465 e. The maximum atomic E-state index is 14.8. The molecule has 0 aliphatic carbocycles. The van der Waals surface area contributed by atoms with Crippen LogP contribution in [0, 0.1) is 19.3 Å². The van der Waals surface area contributed by atoms with Gasteiger partial charge in [-0.25, -0.2) is 26.4 Å². The zero-order valence-electron chi connectivity index (χ0n) is 23.2. The summed E-state index contributed by atoms with van der Waals surface area (Å²) in [4.78, 5) is 19.9. The topological polar surface area (TPSA) is 82.6 Å². The van der Waals surface area contributed by atoms with Crippen LogP contribution in [-0.2, 0) is 14.8 Å². The lowest BCUT2D eigenvalue weighted by Gasteiger charge is -2.15. The molecule has 0 aliphatic rings. The lowest BCUT2D eigenvalue weighted by atomic mass is 9.96. The molecule has 0 radical (unpaired) electrons. The van der Waals surface area contributed by atoms with Gasteiger partial charge in [0.2, 0.25) is 5.00 Å². The minimum Gasteiger partial charge on any atom is -0.465 e. The van der Waals surface area contributed by atoms with Crippen molar-refractivity contribution in [1.29, 1.82) is 0 Å². The highest BCUT2D eigenvalue weighted by Crippen LogP contribution is 2.48. The van der Waals surface area contributed by atoms with Gasteiger partial charge in [-0.1, -0.05) is 41.9 Å². The molecule has 218 valence electrons. The van der Waals surface area contributed by atoms with E-state index in [2.05, 4.69) is 9.83 Å². The normalized spacial score (nSPS) is 11.4. The van der Waals surface area contributed by atoms with Gasteiger partial charge in [-0.05, 0) is 66.4 Å². The molecule has 3 aromatic heterocycles. The molecule has 0 amide bonds. The lowest BCUT2D eigenvalue weighted by Crippen LogP contribution is -2.14. The summed E-state index contributed by atoms with van der Waals surface area (Å²) >= 11 is 7.82. The van der Waals surface area contributed by atoms with Gasteiger partial charge in [0, 0.05) is 44.6 Å². The number of hydrogen-bond acceptors (Lipinski definition) is 6. The molecule has 6 aromatic rings. The predicted molar refractivity (Wildman–Crippen MR) is 170 cm³/mol. The molecule has 44 heavy (non-hydrogen) atoms. The third kappa shape index (κ3) is 4.95. The maximum Gasteiger partial charge on any atom is 0.337 e. The molecule has 11 heteroatoms. The molecule has 0 fully saturated rings. The van der Waals surface area contributed by atoms with Gasteiger partial charge < -0.3 is 4.74 Å². The fourth-order valence-corrected chi connectivity index (χ4v) is 7.60. The quantitative estimate of drug-likeness (QED) is 0.134. The van der Waals surface area contributed by atoms with E-state index in [0.717, 1.165) is 0 Å². The number of rotatable bonds is 6. The second-order valence-electron chi connectivity index (χ2n) is 9.81. The second-order valence-corrected chi connectivity index (χ2v) is 12.9. The Hall–Kier alpha value is -4.82. The van der Waals surface area contributed by atoms with Crippen LogP contribution in [0.2, 0.25) is 5.02 Å². The average Bonchev–Trinajstić information content (AvgIpc) is 3.63. The van der Waals surface area contributed by atoms with E-state index in [1.807, 2.05) is 6.07 Å². The van der Waals surface area contributed by atoms with Gasteiger partial charge in [0.05, 0.1) is 30.5 Å². The molecule has 0 atom stereocenters. The number of thiophene rings is 1. The average molecular weight is 642 g/mol. The number of halogens is 2. The molecular formula is C33H21ClFN3O4S2. The summed E-state index contributed by atoms with van der Waals surface area (Å²) in [5.74, 6) is -1.08. The Balaban J connectivity index is 1.70. The van der Waals surface area contributed by atoms with Crippen molar-refractivity contribution in [3.63, 3.8) is 0 Å². The molecule has 0 spiro atoms. The zero-order chi connectivity index (χ0) is 31.2. The van der Waals surface area contributed by atoms with E-state index in [1.54, 1.807) is 54.8 Å². The number of benzene rings is 3. The van der Waals surface area contributed by atoms with Crippen LogP contribution >= 0.6 is 22.9 Å². The Bertz CT molecular complexity index is 2250. The van der Waals surface area contributed by atoms with Crippen LogP contribution in [0.1, 0.15) is 16.1 Å². The van der Waals surface area contributed by atoms with Crippen LogP contribution in [0.5, 0.6) is 0 Å². The van der Waals surface area contributed by atoms with Gasteiger partial charge in [-0.15, -0.1) is 0 Å². The van der Waals surface area contributed by atoms with Crippen molar-refractivity contribution in [2.24, 2.45) is 0 Å². The number of methoxy groups -OCH3 is 1. The number of esters is 1. The van der Waals surface area contributed by atoms with E-state index in [-0.39, 0.29) is 21.7 Å². The summed E-state index contributed by atoms with van der Waals surface area (Å²) in [5, 5.41) is 2.70. The first-order valence-electron chi connectivity index (χ1n) is 13.1. The Morgan fingerprint density at radius 3 is 2.52 bits per heavy atom. The van der Waals surface area contributed by atoms with Crippen LogP contribution < -0.4 is 0 Å². The summed E-state index contributed by atoms with van der Waals surface area (Å²) in [7, 11) is -3.01. The smallest absolute Gasteiger partial charge is 0.337 e. The van der Waals surface area contributed by atoms with Crippen LogP contribution in [0.3, 0.4) is 0 Å². The van der Waals surface area contributed by atoms with E-state index in [4.69, 9.17) is 22.9 Å². The van der Waals surface area contributed by atoms with Crippen molar-refractivity contribution in [2.75, 3.05) is 7.11 Å². The molecule has 3 heterocycles. The maximum absolute atomic E-state index is 14.8. The Labute approximate surface area is 261 Å². The van der Waals surface area contributed by atoms with E-state index >= 15 is 0 Å². The van der Waals surface area contributed by atoms with E-state index < -0.39 is 21.8 Å². The third-order valence-corrected chi connectivity index (χ3v) is 9.98. The summed E-state index contributed by atoms with van der Waals surface area (Å²) < 4.78 is 49.6. The molecule has 0 saturated heterocycles. The summed E-state index contributed by atoms with van der Waals surface area (Å²) in [6.45, 7) is 9.53. The fraction of sp³-hybridized carbons (Fsp3) is 0.0606. The van der Waals surface area contributed by atoms with Crippen molar-refractivity contribution in [3.05, 3.63) is 124 Å². The molecule has 0 bridgehead atoms. The molecule has 3 aromatic carbocycles. The summed E-state index contributed by atoms with van der Waals surface area (Å²) in [5.41, 5.74) is 4.02. The van der Waals surface area contributed by atoms with E-state index in [1.165, 1.54) is 58.9 Å². The third-order valence-electron chi connectivity index (χ3n) is 7.16. The van der Waals surface area contributed by atoms with Gasteiger partial charge >= 0.3 is 5.97 Å². The zero-order valence-corrected chi connectivity index (χ0v) is 25.6. The van der Waals surface area contributed by atoms with E-state index in [9.17, 15) is 17.6 Å². The van der Waals surface area contributed by atoms with Crippen molar-refractivity contribution >= 4 is 54.8 Å². The Morgan fingerprint density at radius 2 is 1.82 bits per heavy atom. The van der Waals surface area contributed by atoms with E-state index in [0.29, 0.717) is 48.9 Å². The Morgan fingerprint density at radius 1 is 1.02 bits per heavy atom. The molecule has 0 saturated carbocycles. The predicted octanol–water partition coefficient (Wildman–Crippen LogP) is 8.77. The van der Waals surface area contributed by atoms with Crippen LogP contribution in [0.4, 0.5) is 9.39 Å². The fourth-order valence-electron chi connectivity index (χ4n) is 5.14. The summed E-state index contributed by atoms with van der Waals surface area (Å²) in [6, 6.07) is 20.6. The molecular weight excluding hydrogens is 621 g/mol. The first kappa shape index (κ1) is 29.3. The lowest BCUT2D eigenvalue weighted by molar-refractivity contribution is 0.0600. The van der Waals surface area contributed by atoms with Crippen molar-refractivity contribution < 1.29 is 22.3 Å². The van der Waals surface area contributed by atoms with Crippen LogP contribution in [-0.4, -0.2) is 30.5 Å². The second kappa shape index (κ2) is 11.4. The molecule has 0 N–H and O–H groups in total.